The van der Waals surface area contributed by atoms with Crippen molar-refractivity contribution in [1.82, 2.24) is 15.0 Å². The van der Waals surface area contributed by atoms with Crippen molar-refractivity contribution in [1.29, 1.82) is 0 Å². The van der Waals surface area contributed by atoms with Gasteiger partial charge in [-0.05, 0) is 29.5 Å². The van der Waals surface area contributed by atoms with Crippen molar-refractivity contribution in [2.24, 2.45) is 0 Å². The Morgan fingerprint density at radius 2 is 2.13 bits per heavy atom. The van der Waals surface area contributed by atoms with Crippen LogP contribution < -0.4 is 5.32 Å². The van der Waals surface area contributed by atoms with Crippen molar-refractivity contribution >= 4 is 39.9 Å². The van der Waals surface area contributed by atoms with E-state index in [1.807, 2.05) is 12.3 Å². The summed E-state index contributed by atoms with van der Waals surface area (Å²) in [6, 6.07) is 0. The lowest BCUT2D eigenvalue weighted by Crippen LogP contribution is -2.03. The van der Waals surface area contributed by atoms with Crippen LogP contribution in [0, 0.1) is 10.5 Å². The maximum atomic E-state index is 4.34. The molecule has 0 bridgehead atoms. The number of nitrogens with zero attached hydrogens (tertiary/aromatic N) is 3. The lowest BCUT2D eigenvalue weighted by molar-refractivity contribution is 1.00. The highest BCUT2D eigenvalue weighted by Gasteiger charge is 1.99. The summed E-state index contributed by atoms with van der Waals surface area (Å²) in [4.78, 5) is 12.6. The van der Waals surface area contributed by atoms with E-state index in [9.17, 15) is 0 Å². The highest BCUT2D eigenvalue weighted by Crippen LogP contribution is 2.09. The predicted molar refractivity (Wildman–Crippen MR) is 68.9 cm³/mol. The van der Waals surface area contributed by atoms with E-state index in [0.717, 1.165) is 14.3 Å². The van der Waals surface area contributed by atoms with E-state index >= 15 is 0 Å². The van der Waals surface area contributed by atoms with Gasteiger partial charge in [-0.25, -0.2) is 15.0 Å². The summed E-state index contributed by atoms with van der Waals surface area (Å²) in [7, 11) is 0. The van der Waals surface area contributed by atoms with E-state index in [2.05, 4.69) is 42.9 Å². The van der Waals surface area contributed by atoms with E-state index in [4.69, 9.17) is 0 Å². The van der Waals surface area contributed by atoms with Gasteiger partial charge in [0.2, 0.25) is 5.95 Å². The number of hydrogen-bond acceptors (Lipinski definition) is 5. The minimum Gasteiger partial charge on any atom is -0.349 e. The van der Waals surface area contributed by atoms with Gasteiger partial charge in [0.15, 0.2) is 0 Å². The third-order valence-electron chi connectivity index (χ3n) is 1.71. The molecule has 0 aliphatic carbocycles. The molecule has 78 valence electrons. The first-order valence-corrected chi connectivity index (χ1v) is 6.32. The zero-order valence-electron chi connectivity index (χ0n) is 8.07. The normalized spacial score (nSPS) is 10.3. The highest BCUT2D eigenvalue weighted by molar-refractivity contribution is 14.1. The Labute approximate surface area is 105 Å². The number of halogens is 1. The summed E-state index contributed by atoms with van der Waals surface area (Å²) in [6.07, 6.45) is 3.56. The zero-order valence-corrected chi connectivity index (χ0v) is 11.0. The average molecular weight is 332 g/mol. The topological polar surface area (TPSA) is 50.7 Å². The van der Waals surface area contributed by atoms with Gasteiger partial charge in [-0.15, -0.1) is 11.3 Å². The van der Waals surface area contributed by atoms with Gasteiger partial charge >= 0.3 is 0 Å². The molecule has 2 aromatic heterocycles. The average Bonchev–Trinajstić information content (AvgIpc) is 2.64. The van der Waals surface area contributed by atoms with E-state index in [1.165, 1.54) is 0 Å². The number of nitrogens with one attached hydrogen (secondary N) is 1. The molecule has 6 heteroatoms. The molecule has 0 saturated heterocycles. The van der Waals surface area contributed by atoms with Crippen molar-refractivity contribution in [3.63, 3.8) is 0 Å². The van der Waals surface area contributed by atoms with Gasteiger partial charge in [0.1, 0.15) is 0 Å². The number of thiazole rings is 1. The number of rotatable bonds is 3. The second-order valence-corrected chi connectivity index (χ2v) is 5.24. The molecule has 0 aliphatic heterocycles. The quantitative estimate of drug-likeness (QED) is 0.878. The number of aromatic nitrogens is 3. The largest absolute Gasteiger partial charge is 0.349 e. The molecule has 15 heavy (non-hydrogen) atoms. The number of aryl methyl sites for hydroxylation is 1. The van der Waals surface area contributed by atoms with Crippen LogP contribution in [0.4, 0.5) is 5.95 Å². The maximum Gasteiger partial charge on any atom is 0.222 e. The molecule has 0 atom stereocenters. The molecule has 0 amide bonds. The van der Waals surface area contributed by atoms with Crippen molar-refractivity contribution < 1.29 is 0 Å². The molecule has 0 spiro atoms. The van der Waals surface area contributed by atoms with Crippen LogP contribution in [0.5, 0.6) is 0 Å². The Bertz CT molecular complexity index is 440. The molecular formula is C9H9IN4S. The fourth-order valence-corrected chi connectivity index (χ4v) is 1.95. The van der Waals surface area contributed by atoms with Crippen LogP contribution in [0.1, 0.15) is 10.7 Å². The second-order valence-electron chi connectivity index (χ2n) is 2.94. The van der Waals surface area contributed by atoms with Crippen LogP contribution in [0.15, 0.2) is 17.8 Å². The lowest BCUT2D eigenvalue weighted by atomic mass is 10.5. The minimum absolute atomic E-state index is 0.640. The fourth-order valence-electron chi connectivity index (χ4n) is 1.06. The van der Waals surface area contributed by atoms with E-state index < -0.39 is 0 Å². The summed E-state index contributed by atoms with van der Waals surface area (Å²) in [5, 5.41) is 6.24. The molecule has 0 unspecified atom stereocenters. The van der Waals surface area contributed by atoms with Crippen molar-refractivity contribution in [3.05, 3.63) is 32.0 Å². The first-order valence-electron chi connectivity index (χ1n) is 4.36. The first-order chi connectivity index (χ1) is 7.24. The molecule has 0 fully saturated rings. The summed E-state index contributed by atoms with van der Waals surface area (Å²) in [5.74, 6) is 0.640. The Kier molecular flexibility index (Phi) is 3.47. The minimum atomic E-state index is 0.640. The monoisotopic (exact) mass is 332 g/mol. The molecule has 0 aliphatic rings. The van der Waals surface area contributed by atoms with Crippen molar-refractivity contribution in [2.75, 3.05) is 5.32 Å². The Morgan fingerprint density at radius 1 is 1.40 bits per heavy atom. The molecule has 1 N–H and O–H groups in total. The van der Waals surface area contributed by atoms with Crippen LogP contribution in [-0.2, 0) is 6.54 Å². The summed E-state index contributed by atoms with van der Waals surface area (Å²) >= 11 is 3.83. The molecule has 0 saturated carbocycles. The molecule has 0 aromatic carbocycles. The summed E-state index contributed by atoms with van der Waals surface area (Å²) in [5.41, 5.74) is 1.03. The van der Waals surface area contributed by atoms with Crippen LogP contribution in [-0.4, -0.2) is 15.0 Å². The molecule has 0 radical (unpaired) electrons. The molecule has 2 aromatic rings. The van der Waals surface area contributed by atoms with Gasteiger partial charge in [-0.2, -0.15) is 0 Å². The lowest BCUT2D eigenvalue weighted by Gasteiger charge is -2.01. The van der Waals surface area contributed by atoms with Gasteiger partial charge < -0.3 is 5.32 Å². The Hall–Kier alpha value is -0.760. The predicted octanol–water partition coefficient (Wildman–Crippen LogP) is 2.46. The van der Waals surface area contributed by atoms with E-state index in [-0.39, 0.29) is 0 Å². The van der Waals surface area contributed by atoms with E-state index in [1.54, 1.807) is 23.7 Å². The molecular weight excluding hydrogens is 323 g/mol. The Morgan fingerprint density at radius 3 is 2.73 bits per heavy atom. The Balaban J connectivity index is 1.96. The summed E-state index contributed by atoms with van der Waals surface area (Å²) in [6.45, 7) is 2.67. The molecule has 2 rings (SSSR count). The smallest absolute Gasteiger partial charge is 0.222 e. The SMILES string of the molecule is Cc1nc(CNc2ncc(I)cn2)cs1. The molecule has 2 heterocycles. The van der Waals surface area contributed by atoms with Crippen LogP contribution in [0.2, 0.25) is 0 Å². The van der Waals surface area contributed by atoms with Gasteiger partial charge in [-0.3, -0.25) is 0 Å². The number of hydrogen-bond donors (Lipinski definition) is 1. The maximum absolute atomic E-state index is 4.34. The third kappa shape index (κ3) is 3.10. The van der Waals surface area contributed by atoms with Crippen LogP contribution in [0.25, 0.3) is 0 Å². The number of anilines is 1. The van der Waals surface area contributed by atoms with Crippen molar-refractivity contribution in [2.45, 2.75) is 13.5 Å². The molecule has 4 nitrogen and oxygen atoms in total. The van der Waals surface area contributed by atoms with Gasteiger partial charge in [0, 0.05) is 21.3 Å². The second kappa shape index (κ2) is 4.84. The standard InChI is InChI=1S/C9H9IN4S/c1-6-14-8(5-15-6)4-13-9-11-2-7(10)3-12-9/h2-3,5H,4H2,1H3,(H,11,12,13). The van der Waals surface area contributed by atoms with Crippen LogP contribution in [0.3, 0.4) is 0 Å². The van der Waals surface area contributed by atoms with Crippen LogP contribution >= 0.6 is 33.9 Å². The zero-order chi connectivity index (χ0) is 10.7. The highest BCUT2D eigenvalue weighted by atomic mass is 127. The van der Waals surface area contributed by atoms with Crippen molar-refractivity contribution in [3.8, 4) is 0 Å². The van der Waals surface area contributed by atoms with E-state index in [0.29, 0.717) is 12.5 Å². The first kappa shape index (κ1) is 10.7. The van der Waals surface area contributed by atoms with Gasteiger partial charge in [0.25, 0.3) is 0 Å². The van der Waals surface area contributed by atoms with Gasteiger partial charge in [-0.1, -0.05) is 0 Å². The summed E-state index contributed by atoms with van der Waals surface area (Å²) < 4.78 is 1.03. The third-order valence-corrected chi connectivity index (χ3v) is 3.09. The van der Waals surface area contributed by atoms with Gasteiger partial charge in [0.05, 0.1) is 17.2 Å². The fraction of sp³-hybridized carbons (Fsp3) is 0.222.